The van der Waals surface area contributed by atoms with Gasteiger partial charge in [0.25, 0.3) is 0 Å². The zero-order valence-electron chi connectivity index (χ0n) is 14.5. The van der Waals surface area contributed by atoms with Gasteiger partial charge in [-0.1, -0.05) is 20.3 Å². The first-order valence-electron chi connectivity index (χ1n) is 9.57. The van der Waals surface area contributed by atoms with E-state index >= 15 is 0 Å². The molecule has 4 aliphatic rings. The number of hydrogen-bond donors (Lipinski definition) is 1. The summed E-state index contributed by atoms with van der Waals surface area (Å²) in [6, 6.07) is 0.734. The van der Waals surface area contributed by atoms with Gasteiger partial charge in [-0.3, -0.25) is 0 Å². The molecule has 122 valence electrons. The Morgan fingerprint density at radius 3 is 2.10 bits per heavy atom. The molecule has 1 unspecified atom stereocenters. The van der Waals surface area contributed by atoms with Crippen molar-refractivity contribution in [3.05, 3.63) is 0 Å². The third-order valence-corrected chi connectivity index (χ3v) is 6.66. The molecule has 1 N–H and O–H groups in total. The van der Waals surface area contributed by atoms with E-state index in [9.17, 15) is 0 Å². The van der Waals surface area contributed by atoms with Gasteiger partial charge >= 0.3 is 0 Å². The van der Waals surface area contributed by atoms with E-state index in [1.165, 1.54) is 45.2 Å². The first kappa shape index (κ1) is 15.8. The summed E-state index contributed by atoms with van der Waals surface area (Å²) in [6.45, 7) is 8.26. The second-order valence-corrected chi connectivity index (χ2v) is 8.51. The van der Waals surface area contributed by atoms with Crippen LogP contribution in [0.1, 0.15) is 65.2 Å². The average molecular weight is 293 g/mol. The van der Waals surface area contributed by atoms with Gasteiger partial charge in [-0.2, -0.15) is 0 Å². The lowest BCUT2D eigenvalue weighted by molar-refractivity contribution is -0.0776. The van der Waals surface area contributed by atoms with E-state index in [4.69, 9.17) is 0 Å². The molecule has 4 aliphatic carbocycles. The molecule has 0 aromatic rings. The van der Waals surface area contributed by atoms with Crippen molar-refractivity contribution in [2.24, 2.45) is 23.2 Å². The standard InChI is InChI=1S/C19H36N2/c1-4-6-7-21(3)14-18(20-5-2)19-11-15-8-16(12-19)10-17(9-15)13-19/h15-18,20H,4-14H2,1-3H3. The van der Waals surface area contributed by atoms with Crippen molar-refractivity contribution < 1.29 is 0 Å². The molecule has 0 aromatic heterocycles. The molecular weight excluding hydrogens is 256 g/mol. The van der Waals surface area contributed by atoms with Crippen LogP contribution in [0.15, 0.2) is 0 Å². The zero-order valence-corrected chi connectivity index (χ0v) is 14.5. The fourth-order valence-corrected chi connectivity index (χ4v) is 6.16. The monoisotopic (exact) mass is 292 g/mol. The molecule has 21 heavy (non-hydrogen) atoms. The zero-order chi connectivity index (χ0) is 14.9. The molecule has 0 saturated heterocycles. The van der Waals surface area contributed by atoms with Crippen LogP contribution in [0.25, 0.3) is 0 Å². The Balaban J connectivity index is 1.68. The molecule has 4 fully saturated rings. The van der Waals surface area contributed by atoms with Gasteiger partial charge in [0.05, 0.1) is 0 Å². The van der Waals surface area contributed by atoms with Crippen LogP contribution in [0, 0.1) is 23.2 Å². The Hall–Kier alpha value is -0.0800. The molecule has 0 heterocycles. The maximum atomic E-state index is 3.91. The van der Waals surface area contributed by atoms with Gasteiger partial charge in [0.1, 0.15) is 0 Å². The minimum Gasteiger partial charge on any atom is -0.312 e. The Kier molecular flexibility index (Phi) is 4.95. The molecule has 2 heteroatoms. The van der Waals surface area contributed by atoms with Crippen LogP contribution in [-0.4, -0.2) is 37.6 Å². The van der Waals surface area contributed by atoms with E-state index in [0.29, 0.717) is 5.41 Å². The van der Waals surface area contributed by atoms with Crippen LogP contribution in [0.3, 0.4) is 0 Å². The summed E-state index contributed by atoms with van der Waals surface area (Å²) in [4.78, 5) is 2.59. The summed E-state index contributed by atoms with van der Waals surface area (Å²) in [5.74, 6) is 3.20. The first-order chi connectivity index (χ1) is 10.1. The van der Waals surface area contributed by atoms with E-state index in [1.54, 1.807) is 19.3 Å². The number of likely N-dealkylation sites (N-methyl/N-ethyl adjacent to an activating group) is 2. The predicted octanol–water partition coefficient (Wildman–Crippen LogP) is 3.91. The van der Waals surface area contributed by atoms with Crippen LogP contribution >= 0.6 is 0 Å². The molecule has 0 aliphatic heterocycles. The third kappa shape index (κ3) is 3.32. The summed E-state index contributed by atoms with van der Waals surface area (Å²) >= 11 is 0. The molecule has 0 radical (unpaired) electrons. The Morgan fingerprint density at radius 1 is 1.05 bits per heavy atom. The molecule has 1 atom stereocenters. The van der Waals surface area contributed by atoms with Crippen LogP contribution in [0.2, 0.25) is 0 Å². The second kappa shape index (κ2) is 6.58. The minimum atomic E-state index is 0.644. The molecule has 0 aromatic carbocycles. The minimum absolute atomic E-state index is 0.644. The van der Waals surface area contributed by atoms with E-state index in [1.807, 2.05) is 0 Å². The first-order valence-corrected chi connectivity index (χ1v) is 9.57. The molecule has 0 amide bonds. The van der Waals surface area contributed by atoms with Crippen LogP contribution in [0.5, 0.6) is 0 Å². The van der Waals surface area contributed by atoms with Gasteiger partial charge < -0.3 is 10.2 Å². The summed E-state index contributed by atoms with van der Waals surface area (Å²) in [5.41, 5.74) is 0.644. The largest absolute Gasteiger partial charge is 0.312 e. The summed E-state index contributed by atoms with van der Waals surface area (Å²) in [7, 11) is 2.33. The molecule has 4 rings (SSSR count). The van der Waals surface area contributed by atoms with Crippen molar-refractivity contribution in [1.82, 2.24) is 10.2 Å². The lowest BCUT2D eigenvalue weighted by Gasteiger charge is -2.60. The van der Waals surface area contributed by atoms with E-state index in [-0.39, 0.29) is 0 Å². The average Bonchev–Trinajstić information content (AvgIpc) is 2.43. The van der Waals surface area contributed by atoms with Crippen molar-refractivity contribution in [3.8, 4) is 0 Å². The van der Waals surface area contributed by atoms with E-state index < -0.39 is 0 Å². The molecule has 4 bridgehead atoms. The number of hydrogen-bond acceptors (Lipinski definition) is 2. The highest BCUT2D eigenvalue weighted by Crippen LogP contribution is 2.61. The van der Waals surface area contributed by atoms with Crippen LogP contribution in [0.4, 0.5) is 0 Å². The van der Waals surface area contributed by atoms with Crippen LogP contribution < -0.4 is 5.32 Å². The van der Waals surface area contributed by atoms with Crippen molar-refractivity contribution >= 4 is 0 Å². The highest BCUT2D eigenvalue weighted by Gasteiger charge is 2.53. The third-order valence-electron chi connectivity index (χ3n) is 6.66. The summed E-state index contributed by atoms with van der Waals surface area (Å²) in [6.07, 6.45) is 11.9. The van der Waals surface area contributed by atoms with Gasteiger partial charge in [-0.05, 0) is 88.3 Å². The number of rotatable bonds is 8. The molecule has 2 nitrogen and oxygen atoms in total. The van der Waals surface area contributed by atoms with Crippen molar-refractivity contribution in [3.63, 3.8) is 0 Å². The highest BCUT2D eigenvalue weighted by atomic mass is 15.1. The fraction of sp³-hybridized carbons (Fsp3) is 1.00. The SMILES string of the molecule is CCCCN(C)CC(NCC)C12CC3CC(CC(C3)C1)C2. The predicted molar refractivity (Wildman–Crippen MR) is 90.5 cm³/mol. The smallest absolute Gasteiger partial charge is 0.0251 e. The van der Waals surface area contributed by atoms with Crippen molar-refractivity contribution in [2.45, 2.75) is 71.3 Å². The fourth-order valence-electron chi connectivity index (χ4n) is 6.16. The maximum absolute atomic E-state index is 3.91. The molecular formula is C19H36N2. The van der Waals surface area contributed by atoms with Gasteiger partial charge in [-0.25, -0.2) is 0 Å². The number of nitrogens with one attached hydrogen (secondary N) is 1. The Morgan fingerprint density at radius 2 is 1.62 bits per heavy atom. The number of unbranched alkanes of at least 4 members (excludes halogenated alkanes) is 1. The Labute approximate surface area is 132 Å². The summed E-state index contributed by atoms with van der Waals surface area (Å²) < 4.78 is 0. The highest BCUT2D eigenvalue weighted by molar-refractivity contribution is 5.06. The number of nitrogens with zero attached hydrogens (tertiary/aromatic N) is 1. The van der Waals surface area contributed by atoms with Crippen molar-refractivity contribution in [2.75, 3.05) is 26.7 Å². The lowest BCUT2D eigenvalue weighted by Crippen LogP contribution is -2.59. The van der Waals surface area contributed by atoms with E-state index in [0.717, 1.165) is 30.3 Å². The lowest BCUT2D eigenvalue weighted by atomic mass is 9.47. The van der Waals surface area contributed by atoms with Gasteiger partial charge in [0.15, 0.2) is 0 Å². The second-order valence-electron chi connectivity index (χ2n) is 8.51. The normalized spacial score (nSPS) is 39.1. The Bertz CT molecular complexity index is 303. The maximum Gasteiger partial charge on any atom is 0.0251 e. The van der Waals surface area contributed by atoms with Crippen LogP contribution in [-0.2, 0) is 0 Å². The molecule has 4 saturated carbocycles. The van der Waals surface area contributed by atoms with Crippen molar-refractivity contribution in [1.29, 1.82) is 0 Å². The molecule has 0 spiro atoms. The quantitative estimate of drug-likeness (QED) is 0.729. The van der Waals surface area contributed by atoms with E-state index in [2.05, 4.69) is 31.1 Å². The van der Waals surface area contributed by atoms with Gasteiger partial charge in [0.2, 0.25) is 0 Å². The topological polar surface area (TPSA) is 15.3 Å². The van der Waals surface area contributed by atoms with Gasteiger partial charge in [0, 0.05) is 12.6 Å². The summed E-state index contributed by atoms with van der Waals surface area (Å²) in [5, 5.41) is 3.91. The van der Waals surface area contributed by atoms with Gasteiger partial charge in [-0.15, -0.1) is 0 Å².